The average Bonchev–Trinajstić information content (AvgIpc) is 2.74. The number of ether oxygens (including phenoxy) is 1. The van der Waals surface area contributed by atoms with Crippen LogP contribution in [0.5, 0.6) is 0 Å². The molecule has 0 aliphatic rings. The van der Waals surface area contributed by atoms with E-state index in [9.17, 15) is 9.59 Å². The van der Waals surface area contributed by atoms with E-state index in [0.717, 1.165) is 32.2 Å². The molecule has 2 aromatic rings. The predicted molar refractivity (Wildman–Crippen MR) is 124 cm³/mol. The van der Waals surface area contributed by atoms with Crippen LogP contribution in [0, 0.1) is 5.92 Å². The fraction of sp³-hybridized carbons (Fsp3) is 0.625. The smallest absolute Gasteiger partial charge is 0.261 e. The fourth-order valence-corrected chi connectivity index (χ4v) is 3.86. The number of para-hydroxylation sites is 1. The number of aromatic nitrogens is 2. The SMILES string of the molecule is COCCn1c([C@@H](C)N(CCCCCC[NH3+])C(=O)CC(C)C)nc2ccccc2c1=O. The van der Waals surface area contributed by atoms with Crippen molar-refractivity contribution in [1.82, 2.24) is 14.5 Å². The minimum absolute atomic E-state index is 0.0868. The molecule has 0 aliphatic heterocycles. The highest BCUT2D eigenvalue weighted by molar-refractivity contribution is 5.78. The van der Waals surface area contributed by atoms with Gasteiger partial charge < -0.3 is 15.4 Å². The van der Waals surface area contributed by atoms with Gasteiger partial charge in [0, 0.05) is 20.1 Å². The van der Waals surface area contributed by atoms with Crippen LogP contribution >= 0.6 is 0 Å². The second kappa shape index (κ2) is 12.6. The minimum atomic E-state index is -0.298. The van der Waals surface area contributed by atoms with Crippen LogP contribution in [-0.4, -0.2) is 47.2 Å². The highest BCUT2D eigenvalue weighted by Crippen LogP contribution is 2.23. The van der Waals surface area contributed by atoms with Crippen molar-refractivity contribution in [3.63, 3.8) is 0 Å². The lowest BCUT2D eigenvalue weighted by Gasteiger charge is -2.31. The summed E-state index contributed by atoms with van der Waals surface area (Å²) in [6, 6.07) is 7.08. The molecule has 1 atom stereocenters. The Morgan fingerprint density at radius 2 is 1.87 bits per heavy atom. The van der Waals surface area contributed by atoms with Crippen LogP contribution in [0.15, 0.2) is 29.1 Å². The van der Waals surface area contributed by atoms with E-state index < -0.39 is 0 Å². The number of fused-ring (bicyclic) bond motifs is 1. The first-order chi connectivity index (χ1) is 14.9. The van der Waals surface area contributed by atoms with Crippen LogP contribution in [0.4, 0.5) is 0 Å². The highest BCUT2D eigenvalue weighted by Gasteiger charge is 2.26. The maximum Gasteiger partial charge on any atom is 0.261 e. The number of methoxy groups -OCH3 is 1. The minimum Gasteiger partial charge on any atom is -0.383 e. The summed E-state index contributed by atoms with van der Waals surface area (Å²) in [5, 5.41) is 0.586. The van der Waals surface area contributed by atoms with Gasteiger partial charge in [0.1, 0.15) is 5.82 Å². The van der Waals surface area contributed by atoms with Gasteiger partial charge in [0.15, 0.2) is 0 Å². The zero-order chi connectivity index (χ0) is 22.8. The van der Waals surface area contributed by atoms with Crippen LogP contribution in [0.1, 0.15) is 64.7 Å². The molecule has 31 heavy (non-hydrogen) atoms. The lowest BCUT2D eigenvalue weighted by atomic mass is 10.1. The van der Waals surface area contributed by atoms with Gasteiger partial charge in [0.25, 0.3) is 5.56 Å². The van der Waals surface area contributed by atoms with Crippen molar-refractivity contribution in [2.45, 2.75) is 65.5 Å². The lowest BCUT2D eigenvalue weighted by Crippen LogP contribution is -2.50. The van der Waals surface area contributed by atoms with E-state index in [1.54, 1.807) is 17.7 Å². The van der Waals surface area contributed by atoms with Gasteiger partial charge in [-0.05, 0) is 44.2 Å². The molecule has 172 valence electrons. The van der Waals surface area contributed by atoms with E-state index in [2.05, 4.69) is 19.6 Å². The van der Waals surface area contributed by atoms with Crippen molar-refractivity contribution in [3.05, 3.63) is 40.4 Å². The molecule has 2 rings (SSSR count). The number of unbranched alkanes of at least 4 members (excludes halogenated alkanes) is 3. The quantitative estimate of drug-likeness (QED) is 0.494. The number of hydrogen-bond donors (Lipinski definition) is 1. The standard InChI is InChI=1S/C24H38N4O3/c1-18(2)17-22(29)27(14-10-6-5-9-13-25)19(3)23-26-21-12-8-7-11-20(21)24(30)28(23)15-16-31-4/h7-8,11-12,18-19H,5-6,9-10,13-17,25H2,1-4H3/p+1/t19-/m1/s1. The number of benzene rings is 1. The van der Waals surface area contributed by atoms with Crippen LogP contribution < -0.4 is 11.3 Å². The van der Waals surface area contributed by atoms with E-state index in [1.165, 1.54) is 0 Å². The van der Waals surface area contributed by atoms with Crippen molar-refractivity contribution < 1.29 is 15.3 Å². The summed E-state index contributed by atoms with van der Waals surface area (Å²) in [4.78, 5) is 33.1. The summed E-state index contributed by atoms with van der Waals surface area (Å²) in [6.07, 6.45) is 4.72. The van der Waals surface area contributed by atoms with Gasteiger partial charge in [-0.2, -0.15) is 0 Å². The summed E-state index contributed by atoms with van der Waals surface area (Å²) in [5.41, 5.74) is 4.47. The summed E-state index contributed by atoms with van der Waals surface area (Å²) in [6.45, 7) is 8.51. The van der Waals surface area contributed by atoms with Crippen molar-refractivity contribution in [1.29, 1.82) is 0 Å². The third-order valence-corrected chi connectivity index (χ3v) is 5.55. The number of rotatable bonds is 13. The lowest BCUT2D eigenvalue weighted by molar-refractivity contribution is -0.368. The molecule has 0 radical (unpaired) electrons. The molecule has 0 saturated heterocycles. The van der Waals surface area contributed by atoms with Gasteiger partial charge in [-0.1, -0.05) is 32.4 Å². The Labute approximate surface area is 185 Å². The number of carbonyl (C=O) groups excluding carboxylic acids is 1. The van der Waals surface area contributed by atoms with Gasteiger partial charge in [-0.3, -0.25) is 14.2 Å². The molecule has 7 heteroatoms. The van der Waals surface area contributed by atoms with Crippen LogP contribution in [0.25, 0.3) is 10.9 Å². The molecule has 1 aromatic carbocycles. The number of hydrogen-bond acceptors (Lipinski definition) is 4. The molecule has 7 nitrogen and oxygen atoms in total. The van der Waals surface area contributed by atoms with Crippen LogP contribution in [0.2, 0.25) is 0 Å². The summed E-state index contributed by atoms with van der Waals surface area (Å²) in [5.74, 6) is 1.00. The summed E-state index contributed by atoms with van der Waals surface area (Å²) in [7, 11) is 1.62. The maximum absolute atomic E-state index is 13.2. The number of nitrogens with zero attached hydrogens (tertiary/aromatic N) is 3. The Morgan fingerprint density at radius 1 is 1.16 bits per heavy atom. The molecular formula is C24H39N4O3+. The van der Waals surface area contributed by atoms with E-state index in [-0.39, 0.29) is 23.4 Å². The molecule has 0 bridgehead atoms. The van der Waals surface area contributed by atoms with E-state index in [4.69, 9.17) is 9.72 Å². The summed E-state index contributed by atoms with van der Waals surface area (Å²) < 4.78 is 6.91. The average molecular weight is 432 g/mol. The Balaban J connectivity index is 2.41. The third-order valence-electron chi connectivity index (χ3n) is 5.55. The number of carbonyl (C=O) groups is 1. The molecule has 1 aromatic heterocycles. The molecule has 0 unspecified atom stereocenters. The van der Waals surface area contributed by atoms with Crippen molar-refractivity contribution >= 4 is 16.8 Å². The van der Waals surface area contributed by atoms with E-state index >= 15 is 0 Å². The highest BCUT2D eigenvalue weighted by atomic mass is 16.5. The normalized spacial score (nSPS) is 12.5. The first-order valence-electron chi connectivity index (χ1n) is 11.5. The zero-order valence-corrected chi connectivity index (χ0v) is 19.6. The van der Waals surface area contributed by atoms with E-state index in [0.29, 0.717) is 42.8 Å². The second-order valence-electron chi connectivity index (χ2n) is 8.57. The van der Waals surface area contributed by atoms with Crippen LogP contribution in [0.3, 0.4) is 0 Å². The van der Waals surface area contributed by atoms with E-state index in [1.807, 2.05) is 30.0 Å². The number of quaternary nitrogens is 1. The first-order valence-corrected chi connectivity index (χ1v) is 11.5. The molecule has 0 fully saturated rings. The third kappa shape index (κ3) is 6.87. The van der Waals surface area contributed by atoms with Crippen molar-refractivity contribution in [2.24, 2.45) is 5.92 Å². The van der Waals surface area contributed by atoms with Gasteiger partial charge in [0.2, 0.25) is 5.91 Å². The van der Waals surface area contributed by atoms with Crippen molar-refractivity contribution in [2.75, 3.05) is 26.8 Å². The Morgan fingerprint density at radius 3 is 2.55 bits per heavy atom. The number of amides is 1. The monoisotopic (exact) mass is 431 g/mol. The molecular weight excluding hydrogens is 392 g/mol. The second-order valence-corrected chi connectivity index (χ2v) is 8.57. The Hall–Kier alpha value is -2.25. The van der Waals surface area contributed by atoms with Gasteiger partial charge >= 0.3 is 0 Å². The Kier molecular flexibility index (Phi) is 10.1. The topological polar surface area (TPSA) is 92.1 Å². The van der Waals surface area contributed by atoms with Crippen molar-refractivity contribution in [3.8, 4) is 0 Å². The maximum atomic E-state index is 13.2. The molecule has 0 saturated carbocycles. The predicted octanol–water partition coefficient (Wildman–Crippen LogP) is 2.78. The van der Waals surface area contributed by atoms with Gasteiger partial charge in [0.05, 0.1) is 36.6 Å². The molecule has 3 N–H and O–H groups in total. The largest absolute Gasteiger partial charge is 0.383 e. The molecule has 0 aliphatic carbocycles. The van der Waals surface area contributed by atoms with Gasteiger partial charge in [-0.15, -0.1) is 0 Å². The molecule has 1 amide bonds. The van der Waals surface area contributed by atoms with Gasteiger partial charge in [-0.25, -0.2) is 4.98 Å². The molecule has 1 heterocycles. The molecule has 0 spiro atoms. The fourth-order valence-electron chi connectivity index (χ4n) is 3.86. The van der Waals surface area contributed by atoms with Crippen LogP contribution in [-0.2, 0) is 16.1 Å². The first kappa shape index (κ1) is 25.0. The summed E-state index contributed by atoms with van der Waals surface area (Å²) >= 11 is 0. The Bertz CT molecular complexity index is 894. The zero-order valence-electron chi connectivity index (χ0n) is 19.6.